The molecule has 0 saturated carbocycles. The molecule has 0 bridgehead atoms. The third kappa shape index (κ3) is 6.77. The molecule has 8 nitrogen and oxygen atoms in total. The molecule has 2 N–H and O–H groups in total. The van der Waals surface area contributed by atoms with Crippen LogP contribution in [0.5, 0.6) is 5.75 Å². The van der Waals surface area contributed by atoms with Gasteiger partial charge in [0.2, 0.25) is 5.95 Å². The fourth-order valence-corrected chi connectivity index (χ4v) is 4.53. The SMILES string of the molecule is Cc1cc(C)nc(NS(=O)(=O)c2ccc(NC(=O)COc3ccc(Br)cc3C(C)(C)C)cc2)n1. The summed E-state index contributed by atoms with van der Waals surface area (Å²) in [6.07, 6.45) is 0. The van der Waals surface area contributed by atoms with Crippen molar-refractivity contribution in [3.63, 3.8) is 0 Å². The van der Waals surface area contributed by atoms with Gasteiger partial charge in [-0.2, -0.15) is 0 Å². The van der Waals surface area contributed by atoms with Gasteiger partial charge in [-0.25, -0.2) is 23.1 Å². The van der Waals surface area contributed by atoms with Crippen LogP contribution in [0.3, 0.4) is 0 Å². The Hall–Kier alpha value is -2.98. The Bertz CT molecular complexity index is 1280. The lowest BCUT2D eigenvalue weighted by Crippen LogP contribution is -2.22. The van der Waals surface area contributed by atoms with Gasteiger partial charge in [0.05, 0.1) is 4.90 Å². The highest BCUT2D eigenvalue weighted by Crippen LogP contribution is 2.33. The van der Waals surface area contributed by atoms with Crippen molar-refractivity contribution in [2.24, 2.45) is 0 Å². The standard InChI is InChI=1S/C24H27BrN4O4S/c1-15-12-16(2)27-23(26-15)29-34(31,32)19-9-7-18(8-10-19)28-22(30)14-33-21-11-6-17(25)13-20(21)24(3,4)5/h6-13H,14H2,1-5H3,(H,28,30)(H,26,27,29). The number of carbonyl (C=O) groups is 1. The topological polar surface area (TPSA) is 110 Å². The molecule has 2 aromatic carbocycles. The summed E-state index contributed by atoms with van der Waals surface area (Å²) < 4.78 is 34.4. The van der Waals surface area contributed by atoms with Gasteiger partial charge in [-0.1, -0.05) is 36.7 Å². The zero-order valence-electron chi connectivity index (χ0n) is 19.6. The summed E-state index contributed by atoms with van der Waals surface area (Å²) in [5, 5.41) is 2.71. The van der Waals surface area contributed by atoms with Gasteiger partial charge >= 0.3 is 0 Å². The second kappa shape index (κ2) is 10.1. The summed E-state index contributed by atoms with van der Waals surface area (Å²) in [4.78, 5) is 20.6. The normalized spacial score (nSPS) is 11.7. The Labute approximate surface area is 208 Å². The van der Waals surface area contributed by atoms with E-state index in [0.717, 1.165) is 10.0 Å². The first kappa shape index (κ1) is 25.6. The van der Waals surface area contributed by atoms with Gasteiger partial charge in [-0.15, -0.1) is 0 Å². The number of rotatable bonds is 7. The number of amides is 1. The summed E-state index contributed by atoms with van der Waals surface area (Å²) in [5.74, 6) is 0.279. The number of nitrogens with one attached hydrogen (secondary N) is 2. The minimum atomic E-state index is -3.88. The Morgan fingerprint density at radius 1 is 1.00 bits per heavy atom. The fourth-order valence-electron chi connectivity index (χ4n) is 3.22. The molecule has 0 atom stereocenters. The van der Waals surface area contributed by atoms with Gasteiger partial charge in [0, 0.05) is 27.1 Å². The van der Waals surface area contributed by atoms with Gasteiger partial charge in [-0.05, 0) is 67.8 Å². The molecular formula is C24H27BrN4O4S. The number of ether oxygens (including phenoxy) is 1. The van der Waals surface area contributed by atoms with Crippen molar-refractivity contribution in [1.29, 1.82) is 0 Å². The third-order valence-corrected chi connectivity index (χ3v) is 6.60. The van der Waals surface area contributed by atoms with Crippen LogP contribution < -0.4 is 14.8 Å². The van der Waals surface area contributed by atoms with Crippen LogP contribution in [0.4, 0.5) is 11.6 Å². The van der Waals surface area contributed by atoms with Crippen molar-refractivity contribution in [2.45, 2.75) is 44.9 Å². The Morgan fingerprint density at radius 3 is 2.21 bits per heavy atom. The highest BCUT2D eigenvalue weighted by molar-refractivity contribution is 9.10. The van der Waals surface area contributed by atoms with Gasteiger partial charge in [0.15, 0.2) is 6.61 Å². The van der Waals surface area contributed by atoms with Crippen LogP contribution >= 0.6 is 15.9 Å². The summed E-state index contributed by atoms with van der Waals surface area (Å²) in [6.45, 7) is 9.54. The van der Waals surface area contributed by atoms with E-state index in [4.69, 9.17) is 4.74 Å². The number of nitrogens with zero attached hydrogens (tertiary/aromatic N) is 2. The average Bonchev–Trinajstić information content (AvgIpc) is 2.71. The lowest BCUT2D eigenvalue weighted by Gasteiger charge is -2.23. The van der Waals surface area contributed by atoms with Crippen molar-refractivity contribution in [3.8, 4) is 5.75 Å². The fraction of sp³-hybridized carbons (Fsp3) is 0.292. The Balaban J connectivity index is 1.64. The molecule has 0 fully saturated rings. The second-order valence-electron chi connectivity index (χ2n) is 8.83. The van der Waals surface area contributed by atoms with Crippen molar-refractivity contribution in [2.75, 3.05) is 16.6 Å². The van der Waals surface area contributed by atoms with Gasteiger partial charge in [-0.3, -0.25) is 4.79 Å². The number of aryl methyl sites for hydroxylation is 2. The monoisotopic (exact) mass is 546 g/mol. The van der Waals surface area contributed by atoms with Gasteiger partial charge in [0.1, 0.15) is 5.75 Å². The van der Waals surface area contributed by atoms with Crippen molar-refractivity contribution < 1.29 is 17.9 Å². The highest BCUT2D eigenvalue weighted by atomic mass is 79.9. The van der Waals surface area contributed by atoms with E-state index in [1.165, 1.54) is 24.3 Å². The number of sulfonamides is 1. The second-order valence-corrected chi connectivity index (χ2v) is 11.4. The molecule has 1 heterocycles. The number of hydrogen-bond donors (Lipinski definition) is 2. The van der Waals surface area contributed by atoms with Crippen molar-refractivity contribution in [3.05, 3.63) is 70.0 Å². The molecule has 0 spiro atoms. The molecular weight excluding hydrogens is 520 g/mol. The van der Waals surface area contributed by atoms with Crippen molar-refractivity contribution >= 4 is 43.5 Å². The third-order valence-electron chi connectivity index (χ3n) is 4.76. The van der Waals surface area contributed by atoms with E-state index in [2.05, 4.69) is 56.7 Å². The van der Waals surface area contributed by atoms with E-state index >= 15 is 0 Å². The molecule has 1 aromatic heterocycles. The molecule has 0 unspecified atom stereocenters. The molecule has 180 valence electrons. The molecule has 0 aliphatic heterocycles. The first-order chi connectivity index (χ1) is 15.8. The van der Waals surface area contributed by atoms with E-state index in [9.17, 15) is 13.2 Å². The molecule has 34 heavy (non-hydrogen) atoms. The van der Waals surface area contributed by atoms with Crippen LogP contribution in [0.25, 0.3) is 0 Å². The smallest absolute Gasteiger partial charge is 0.264 e. The number of hydrogen-bond acceptors (Lipinski definition) is 6. The van der Waals surface area contributed by atoms with Crippen LogP contribution in [0.2, 0.25) is 0 Å². The van der Waals surface area contributed by atoms with E-state index in [1.54, 1.807) is 19.9 Å². The lowest BCUT2D eigenvalue weighted by atomic mass is 9.86. The molecule has 0 radical (unpaired) electrons. The van der Waals surface area contributed by atoms with Crippen LogP contribution in [0, 0.1) is 13.8 Å². The number of benzene rings is 2. The average molecular weight is 547 g/mol. The predicted molar refractivity (Wildman–Crippen MR) is 136 cm³/mol. The molecule has 0 aliphatic carbocycles. The van der Waals surface area contributed by atoms with E-state index in [1.807, 2.05) is 18.2 Å². The number of halogens is 1. The van der Waals surface area contributed by atoms with Gasteiger partial charge < -0.3 is 10.1 Å². The molecule has 1 amide bonds. The summed E-state index contributed by atoms with van der Waals surface area (Å²) >= 11 is 3.47. The molecule has 0 aliphatic rings. The predicted octanol–water partition coefficient (Wildman–Crippen LogP) is 4.97. The molecule has 0 saturated heterocycles. The zero-order valence-corrected chi connectivity index (χ0v) is 22.0. The summed E-state index contributed by atoms with van der Waals surface area (Å²) in [6, 6.07) is 13.2. The number of aromatic nitrogens is 2. The first-order valence-electron chi connectivity index (χ1n) is 10.5. The molecule has 3 aromatic rings. The number of carbonyl (C=O) groups excluding carboxylic acids is 1. The number of anilines is 2. The van der Waals surface area contributed by atoms with Gasteiger partial charge in [0.25, 0.3) is 15.9 Å². The van der Waals surface area contributed by atoms with E-state index in [0.29, 0.717) is 22.8 Å². The Morgan fingerprint density at radius 2 is 1.62 bits per heavy atom. The van der Waals surface area contributed by atoms with E-state index < -0.39 is 10.0 Å². The Kier molecular flexibility index (Phi) is 7.62. The molecule has 10 heteroatoms. The summed E-state index contributed by atoms with van der Waals surface area (Å²) in [7, 11) is -3.88. The van der Waals surface area contributed by atoms with Crippen LogP contribution in [-0.2, 0) is 20.2 Å². The minimum absolute atomic E-state index is 0.00889. The van der Waals surface area contributed by atoms with Crippen LogP contribution in [-0.4, -0.2) is 30.9 Å². The molecule has 3 rings (SSSR count). The maximum Gasteiger partial charge on any atom is 0.264 e. The van der Waals surface area contributed by atoms with Crippen molar-refractivity contribution in [1.82, 2.24) is 9.97 Å². The largest absolute Gasteiger partial charge is 0.483 e. The minimum Gasteiger partial charge on any atom is -0.483 e. The first-order valence-corrected chi connectivity index (χ1v) is 12.8. The zero-order chi connectivity index (χ0) is 25.1. The van der Waals surface area contributed by atoms with E-state index in [-0.39, 0.29) is 28.8 Å². The van der Waals surface area contributed by atoms with Crippen LogP contribution in [0.1, 0.15) is 37.7 Å². The quantitative estimate of drug-likeness (QED) is 0.432. The maximum absolute atomic E-state index is 12.7. The maximum atomic E-state index is 12.7. The van der Waals surface area contributed by atoms with Crippen LogP contribution in [0.15, 0.2) is 57.9 Å². The summed E-state index contributed by atoms with van der Waals surface area (Å²) in [5.41, 5.74) is 2.57. The highest BCUT2D eigenvalue weighted by Gasteiger charge is 2.20. The lowest BCUT2D eigenvalue weighted by molar-refractivity contribution is -0.118.